The van der Waals surface area contributed by atoms with E-state index in [0.29, 0.717) is 6.54 Å². The van der Waals surface area contributed by atoms with Crippen LogP contribution in [0.3, 0.4) is 0 Å². The molecule has 3 rings (SSSR count). The van der Waals surface area contributed by atoms with Gasteiger partial charge in [-0.25, -0.2) is 4.98 Å². The topological polar surface area (TPSA) is 34.1 Å². The van der Waals surface area contributed by atoms with E-state index in [1.807, 2.05) is 36.4 Å². The maximum Gasteiger partial charge on any atom is 0.126 e. The number of methoxy groups -OCH3 is 1. The average Bonchev–Trinajstić information content (AvgIpc) is 2.53. The van der Waals surface area contributed by atoms with E-state index in [1.165, 1.54) is 10.8 Å². The molecule has 0 aliphatic heterocycles. The van der Waals surface area contributed by atoms with E-state index in [9.17, 15) is 0 Å². The number of fused-ring (bicyclic) bond motifs is 1. The van der Waals surface area contributed by atoms with Crippen LogP contribution < -0.4 is 10.1 Å². The maximum atomic E-state index is 5.48. The lowest BCUT2D eigenvalue weighted by Gasteiger charge is -2.13. The third kappa shape index (κ3) is 2.43. The monoisotopic (exact) mass is 264 g/mol. The zero-order chi connectivity index (χ0) is 13.8. The maximum absolute atomic E-state index is 5.48. The summed E-state index contributed by atoms with van der Waals surface area (Å²) in [4.78, 5) is 4.28. The first-order valence-corrected chi connectivity index (χ1v) is 6.58. The van der Waals surface area contributed by atoms with Crippen molar-refractivity contribution in [3.8, 4) is 5.75 Å². The molecule has 0 saturated carbocycles. The van der Waals surface area contributed by atoms with Crippen molar-refractivity contribution in [3.63, 3.8) is 0 Å². The first-order valence-electron chi connectivity index (χ1n) is 6.58. The second-order valence-electron chi connectivity index (χ2n) is 4.54. The number of nitrogens with one attached hydrogen (secondary N) is 1. The molecule has 0 unspecified atom stereocenters. The van der Waals surface area contributed by atoms with Gasteiger partial charge in [-0.1, -0.05) is 36.4 Å². The van der Waals surface area contributed by atoms with Gasteiger partial charge in [0.25, 0.3) is 0 Å². The van der Waals surface area contributed by atoms with Crippen molar-refractivity contribution in [1.29, 1.82) is 0 Å². The summed E-state index contributed by atoms with van der Waals surface area (Å²) in [6.45, 7) is 0.682. The molecule has 3 heteroatoms. The molecule has 0 spiro atoms. The van der Waals surface area contributed by atoms with Gasteiger partial charge < -0.3 is 10.1 Å². The Hall–Kier alpha value is -2.55. The highest BCUT2D eigenvalue weighted by Gasteiger charge is 2.08. The fourth-order valence-corrected chi connectivity index (χ4v) is 2.34. The summed E-state index contributed by atoms with van der Waals surface area (Å²) in [6.07, 6.45) is 1.78. The molecular formula is C17H16N2O. The standard InChI is InChI=1S/C17H16N2O/c1-20-16-10-9-13-6-2-3-7-14(13)15(16)12-19-17-8-4-5-11-18-17/h2-11H,12H2,1H3,(H,18,19). The Bertz CT molecular complexity index is 711. The molecule has 3 nitrogen and oxygen atoms in total. The van der Waals surface area contributed by atoms with Gasteiger partial charge in [0, 0.05) is 18.3 Å². The molecule has 0 amide bonds. The number of aromatic nitrogens is 1. The van der Waals surface area contributed by atoms with E-state index in [2.05, 4.69) is 28.5 Å². The Morgan fingerprint density at radius 2 is 1.85 bits per heavy atom. The van der Waals surface area contributed by atoms with Crippen LogP contribution in [0.1, 0.15) is 5.56 Å². The largest absolute Gasteiger partial charge is 0.496 e. The third-order valence-electron chi connectivity index (χ3n) is 3.33. The number of ether oxygens (including phenoxy) is 1. The molecule has 2 aromatic carbocycles. The van der Waals surface area contributed by atoms with Crippen LogP contribution in [0.15, 0.2) is 60.8 Å². The van der Waals surface area contributed by atoms with E-state index in [4.69, 9.17) is 4.74 Å². The van der Waals surface area contributed by atoms with Crippen LogP contribution in [0.25, 0.3) is 10.8 Å². The van der Waals surface area contributed by atoms with Gasteiger partial charge in [-0.2, -0.15) is 0 Å². The van der Waals surface area contributed by atoms with E-state index in [1.54, 1.807) is 13.3 Å². The minimum atomic E-state index is 0.682. The fourth-order valence-electron chi connectivity index (χ4n) is 2.34. The number of benzene rings is 2. The van der Waals surface area contributed by atoms with Crippen molar-refractivity contribution in [3.05, 3.63) is 66.4 Å². The molecule has 20 heavy (non-hydrogen) atoms. The lowest BCUT2D eigenvalue weighted by atomic mass is 10.0. The molecule has 0 bridgehead atoms. The Morgan fingerprint density at radius 3 is 2.65 bits per heavy atom. The highest BCUT2D eigenvalue weighted by Crippen LogP contribution is 2.28. The summed E-state index contributed by atoms with van der Waals surface area (Å²) in [5.74, 6) is 1.76. The van der Waals surface area contributed by atoms with E-state index >= 15 is 0 Å². The quantitative estimate of drug-likeness (QED) is 0.777. The molecule has 1 aromatic heterocycles. The smallest absolute Gasteiger partial charge is 0.126 e. The molecule has 100 valence electrons. The van der Waals surface area contributed by atoms with Gasteiger partial charge >= 0.3 is 0 Å². The number of hydrogen-bond donors (Lipinski definition) is 1. The average molecular weight is 264 g/mol. The van der Waals surface area contributed by atoms with E-state index in [0.717, 1.165) is 17.1 Å². The van der Waals surface area contributed by atoms with E-state index < -0.39 is 0 Å². The van der Waals surface area contributed by atoms with Crippen molar-refractivity contribution in [2.24, 2.45) is 0 Å². The molecule has 0 atom stereocenters. The molecule has 3 aromatic rings. The number of nitrogens with zero attached hydrogens (tertiary/aromatic N) is 1. The van der Waals surface area contributed by atoms with Crippen LogP contribution in [-0.4, -0.2) is 12.1 Å². The van der Waals surface area contributed by atoms with Crippen molar-refractivity contribution in [2.45, 2.75) is 6.54 Å². The van der Waals surface area contributed by atoms with Crippen LogP contribution >= 0.6 is 0 Å². The minimum absolute atomic E-state index is 0.682. The first kappa shape index (κ1) is 12.5. The van der Waals surface area contributed by atoms with Gasteiger partial charge in [0.2, 0.25) is 0 Å². The molecule has 0 aliphatic rings. The fraction of sp³-hybridized carbons (Fsp3) is 0.118. The van der Waals surface area contributed by atoms with Gasteiger partial charge in [-0.15, -0.1) is 0 Å². The lowest BCUT2D eigenvalue weighted by Crippen LogP contribution is -2.03. The molecule has 0 aliphatic carbocycles. The predicted molar refractivity (Wildman–Crippen MR) is 82.1 cm³/mol. The van der Waals surface area contributed by atoms with Crippen molar-refractivity contribution < 1.29 is 4.74 Å². The first-order chi connectivity index (χ1) is 9.88. The number of rotatable bonds is 4. The zero-order valence-electron chi connectivity index (χ0n) is 11.3. The molecule has 1 N–H and O–H groups in total. The number of pyridine rings is 1. The number of hydrogen-bond acceptors (Lipinski definition) is 3. The van der Waals surface area contributed by atoms with Gasteiger partial charge in [-0.05, 0) is 29.0 Å². The van der Waals surface area contributed by atoms with Gasteiger partial charge in [0.05, 0.1) is 7.11 Å². The zero-order valence-corrected chi connectivity index (χ0v) is 11.3. The summed E-state index contributed by atoms with van der Waals surface area (Å²) in [5.41, 5.74) is 1.15. The highest BCUT2D eigenvalue weighted by molar-refractivity contribution is 5.88. The van der Waals surface area contributed by atoms with Crippen LogP contribution in [0.4, 0.5) is 5.82 Å². The van der Waals surface area contributed by atoms with Gasteiger partial charge in [0.1, 0.15) is 11.6 Å². The van der Waals surface area contributed by atoms with Crippen LogP contribution in [0.2, 0.25) is 0 Å². The van der Waals surface area contributed by atoms with Gasteiger partial charge in [0.15, 0.2) is 0 Å². The highest BCUT2D eigenvalue weighted by atomic mass is 16.5. The summed E-state index contributed by atoms with van der Waals surface area (Å²) in [6, 6.07) is 18.2. The SMILES string of the molecule is COc1ccc2ccccc2c1CNc1ccccn1. The second-order valence-corrected chi connectivity index (χ2v) is 4.54. The minimum Gasteiger partial charge on any atom is -0.496 e. The van der Waals surface area contributed by atoms with Gasteiger partial charge in [-0.3, -0.25) is 0 Å². The van der Waals surface area contributed by atoms with Crippen molar-refractivity contribution >= 4 is 16.6 Å². The predicted octanol–water partition coefficient (Wildman–Crippen LogP) is 3.86. The Balaban J connectivity index is 1.96. The third-order valence-corrected chi connectivity index (χ3v) is 3.33. The second kappa shape index (κ2) is 5.61. The van der Waals surface area contributed by atoms with Crippen molar-refractivity contribution in [2.75, 3.05) is 12.4 Å². The number of anilines is 1. The Morgan fingerprint density at radius 1 is 1.00 bits per heavy atom. The Kier molecular flexibility index (Phi) is 3.50. The molecular weight excluding hydrogens is 248 g/mol. The molecule has 0 fully saturated rings. The summed E-state index contributed by atoms with van der Waals surface area (Å²) in [7, 11) is 1.70. The molecule has 1 heterocycles. The van der Waals surface area contributed by atoms with E-state index in [-0.39, 0.29) is 0 Å². The van der Waals surface area contributed by atoms with Crippen LogP contribution in [0.5, 0.6) is 5.75 Å². The van der Waals surface area contributed by atoms with Crippen LogP contribution in [-0.2, 0) is 6.54 Å². The summed E-state index contributed by atoms with van der Waals surface area (Å²) in [5, 5.41) is 5.75. The van der Waals surface area contributed by atoms with Crippen molar-refractivity contribution in [1.82, 2.24) is 4.98 Å². The summed E-state index contributed by atoms with van der Waals surface area (Å²) < 4.78 is 5.48. The molecule has 0 radical (unpaired) electrons. The summed E-state index contributed by atoms with van der Waals surface area (Å²) >= 11 is 0. The van der Waals surface area contributed by atoms with Crippen LogP contribution in [0, 0.1) is 0 Å². The molecule has 0 saturated heterocycles. The Labute approximate surface area is 118 Å². The normalized spacial score (nSPS) is 10.4. The lowest BCUT2D eigenvalue weighted by molar-refractivity contribution is 0.411.